The van der Waals surface area contributed by atoms with Crippen LogP contribution >= 0.6 is 0 Å². The smallest absolute Gasteiger partial charge is 0.0594 e. The summed E-state index contributed by atoms with van der Waals surface area (Å²) in [5.74, 6) is 2.58. The van der Waals surface area contributed by atoms with Crippen molar-refractivity contribution in [1.29, 1.82) is 0 Å². The predicted molar refractivity (Wildman–Crippen MR) is 132 cm³/mol. The molecule has 5 aliphatic carbocycles. The first-order valence-corrected chi connectivity index (χ1v) is 13.9. The topological polar surface area (TPSA) is 40.5 Å². The number of aliphatic hydroxyl groups excluding tert-OH is 2. The highest BCUT2D eigenvalue weighted by atomic mass is 16.3. The zero-order chi connectivity index (χ0) is 23.3. The predicted octanol–water partition coefficient (Wildman–Crippen LogP) is 7.14. The van der Waals surface area contributed by atoms with E-state index in [2.05, 4.69) is 48.1 Å². The van der Waals surface area contributed by atoms with Gasteiger partial charge in [0.2, 0.25) is 0 Å². The van der Waals surface area contributed by atoms with Crippen LogP contribution in [-0.4, -0.2) is 22.4 Å². The third-order valence-electron chi connectivity index (χ3n) is 13.3. The Balaban J connectivity index is 1.41. The van der Waals surface area contributed by atoms with E-state index in [0.29, 0.717) is 39.4 Å². The molecule has 5 saturated carbocycles. The maximum atomic E-state index is 11.1. The van der Waals surface area contributed by atoms with Gasteiger partial charge in [-0.15, -0.1) is 6.58 Å². The van der Waals surface area contributed by atoms with E-state index in [1.54, 1.807) is 0 Å². The van der Waals surface area contributed by atoms with Crippen molar-refractivity contribution in [2.24, 2.45) is 50.7 Å². The molecule has 10 atom stereocenters. The first kappa shape index (κ1) is 23.4. The molecule has 182 valence electrons. The SMILES string of the molecule is C=C(C)CC[C@H](O)[C@@H](C)[C@H]1CC[C@@]2(C)[C@@H]3CC[C@H]4C(C)(C)[C@@H](O)CC[C@@]45C[C@@]35CC[C@]12C. The highest BCUT2D eigenvalue weighted by Crippen LogP contribution is 2.89. The van der Waals surface area contributed by atoms with Gasteiger partial charge in [-0.1, -0.05) is 40.2 Å². The fraction of sp³-hybridized carbons (Fsp3) is 0.933. The molecule has 0 saturated heterocycles. The van der Waals surface area contributed by atoms with Crippen LogP contribution in [0.25, 0.3) is 0 Å². The van der Waals surface area contributed by atoms with E-state index in [1.807, 2.05) is 0 Å². The maximum Gasteiger partial charge on any atom is 0.0594 e. The van der Waals surface area contributed by atoms with Crippen LogP contribution in [0.3, 0.4) is 0 Å². The molecule has 2 heteroatoms. The quantitative estimate of drug-likeness (QED) is 0.444. The number of hydrogen-bond donors (Lipinski definition) is 2. The van der Waals surface area contributed by atoms with Crippen LogP contribution in [0.2, 0.25) is 0 Å². The minimum Gasteiger partial charge on any atom is -0.393 e. The van der Waals surface area contributed by atoms with E-state index < -0.39 is 0 Å². The molecule has 2 spiro atoms. The molecule has 0 unspecified atom stereocenters. The van der Waals surface area contributed by atoms with Crippen LogP contribution in [0.15, 0.2) is 12.2 Å². The Morgan fingerprint density at radius 1 is 0.906 bits per heavy atom. The van der Waals surface area contributed by atoms with Gasteiger partial charge in [-0.2, -0.15) is 0 Å². The van der Waals surface area contributed by atoms with E-state index in [-0.39, 0.29) is 17.6 Å². The fourth-order valence-electron chi connectivity index (χ4n) is 11.2. The second kappa shape index (κ2) is 7.09. The Morgan fingerprint density at radius 2 is 1.56 bits per heavy atom. The van der Waals surface area contributed by atoms with E-state index >= 15 is 0 Å². The first-order chi connectivity index (χ1) is 14.9. The fourth-order valence-corrected chi connectivity index (χ4v) is 11.2. The molecule has 0 radical (unpaired) electrons. The molecule has 2 nitrogen and oxygen atoms in total. The average Bonchev–Trinajstić information content (AvgIpc) is 3.31. The number of allylic oxidation sites excluding steroid dienone is 1. The second-order valence-corrected chi connectivity index (χ2v) is 14.4. The van der Waals surface area contributed by atoms with E-state index in [0.717, 1.165) is 25.2 Å². The molecule has 0 aromatic rings. The Morgan fingerprint density at radius 3 is 2.25 bits per heavy atom. The molecule has 0 bridgehead atoms. The van der Waals surface area contributed by atoms with Gasteiger partial charge >= 0.3 is 0 Å². The number of aliphatic hydroxyl groups is 2. The van der Waals surface area contributed by atoms with Gasteiger partial charge in [-0.25, -0.2) is 0 Å². The Labute approximate surface area is 197 Å². The van der Waals surface area contributed by atoms with Gasteiger partial charge in [-0.05, 0) is 128 Å². The van der Waals surface area contributed by atoms with Crippen LogP contribution in [-0.2, 0) is 0 Å². The van der Waals surface area contributed by atoms with Gasteiger partial charge in [0, 0.05) is 0 Å². The Hall–Kier alpha value is -0.340. The Bertz CT molecular complexity index is 786. The lowest BCUT2D eigenvalue weighted by molar-refractivity contribution is -0.164. The first-order valence-electron chi connectivity index (χ1n) is 13.9. The normalized spacial score (nSPS) is 52.8. The largest absolute Gasteiger partial charge is 0.393 e. The maximum absolute atomic E-state index is 11.1. The minimum absolute atomic E-state index is 0.0779. The summed E-state index contributed by atoms with van der Waals surface area (Å²) in [4.78, 5) is 0. The lowest BCUT2D eigenvalue weighted by Gasteiger charge is -2.63. The van der Waals surface area contributed by atoms with Crippen molar-refractivity contribution < 1.29 is 10.2 Å². The molecule has 0 amide bonds. The number of fused-ring (bicyclic) bond motifs is 2. The van der Waals surface area contributed by atoms with Gasteiger partial charge in [0.15, 0.2) is 0 Å². The van der Waals surface area contributed by atoms with Crippen molar-refractivity contribution in [3.63, 3.8) is 0 Å². The monoisotopic (exact) mass is 442 g/mol. The molecule has 5 fully saturated rings. The van der Waals surface area contributed by atoms with Gasteiger partial charge < -0.3 is 10.2 Å². The van der Waals surface area contributed by atoms with Gasteiger partial charge in [0.1, 0.15) is 0 Å². The average molecular weight is 443 g/mol. The molecule has 5 rings (SSSR count). The summed E-state index contributed by atoms with van der Waals surface area (Å²) in [6, 6.07) is 0. The van der Waals surface area contributed by atoms with Crippen molar-refractivity contribution in [1.82, 2.24) is 0 Å². The highest BCUT2D eigenvalue weighted by molar-refractivity contribution is 5.30. The van der Waals surface area contributed by atoms with Crippen molar-refractivity contribution in [2.45, 2.75) is 124 Å². The molecule has 5 aliphatic rings. The third-order valence-corrected chi connectivity index (χ3v) is 13.3. The molecule has 0 aromatic heterocycles. The molecule has 0 aromatic carbocycles. The van der Waals surface area contributed by atoms with E-state index in [1.165, 1.54) is 56.9 Å². The summed E-state index contributed by atoms with van der Waals surface area (Å²) in [5.41, 5.74) is 3.11. The van der Waals surface area contributed by atoms with Gasteiger partial charge in [0.25, 0.3) is 0 Å². The van der Waals surface area contributed by atoms with Crippen LogP contribution in [0, 0.1) is 50.7 Å². The van der Waals surface area contributed by atoms with Gasteiger partial charge in [0.05, 0.1) is 12.2 Å². The number of rotatable bonds is 5. The molecular formula is C30H50O2. The molecular weight excluding hydrogens is 392 g/mol. The van der Waals surface area contributed by atoms with Crippen molar-refractivity contribution >= 4 is 0 Å². The van der Waals surface area contributed by atoms with Crippen molar-refractivity contribution in [2.75, 3.05) is 0 Å². The standard InChI is InChI=1S/C30H50O2/c1-19(2)8-9-22(31)20(3)21-12-14-28(7)24-11-10-23-26(4,5)25(32)13-15-29(23)18-30(24,29)17-16-27(21,28)6/h20-25,31-32H,1,8-18H2,2-7H3/t20-,21+,22-,23-,24-,25-,27+,28-,29+,30-/m0/s1. The lowest BCUT2D eigenvalue weighted by Crippen LogP contribution is -2.57. The molecule has 32 heavy (non-hydrogen) atoms. The third kappa shape index (κ3) is 2.72. The number of hydrogen-bond acceptors (Lipinski definition) is 2. The summed E-state index contributed by atoms with van der Waals surface area (Å²) in [6.07, 6.45) is 13.3. The van der Waals surface area contributed by atoms with Gasteiger partial charge in [-0.3, -0.25) is 0 Å². The summed E-state index contributed by atoms with van der Waals surface area (Å²) < 4.78 is 0. The molecule has 2 N–H and O–H groups in total. The van der Waals surface area contributed by atoms with E-state index in [9.17, 15) is 10.2 Å². The van der Waals surface area contributed by atoms with Crippen molar-refractivity contribution in [3.05, 3.63) is 12.2 Å². The minimum atomic E-state index is -0.199. The van der Waals surface area contributed by atoms with Crippen LogP contribution in [0.1, 0.15) is 112 Å². The van der Waals surface area contributed by atoms with E-state index in [4.69, 9.17) is 0 Å². The highest BCUT2D eigenvalue weighted by Gasteiger charge is 2.82. The van der Waals surface area contributed by atoms with Crippen LogP contribution in [0.4, 0.5) is 0 Å². The van der Waals surface area contributed by atoms with Crippen LogP contribution < -0.4 is 0 Å². The summed E-state index contributed by atoms with van der Waals surface area (Å²) in [5, 5.41) is 21.9. The second-order valence-electron chi connectivity index (χ2n) is 14.4. The molecule has 0 heterocycles. The van der Waals surface area contributed by atoms with Crippen LogP contribution in [0.5, 0.6) is 0 Å². The lowest BCUT2D eigenvalue weighted by atomic mass is 9.41. The summed E-state index contributed by atoms with van der Waals surface area (Å²) >= 11 is 0. The summed E-state index contributed by atoms with van der Waals surface area (Å²) in [7, 11) is 0. The van der Waals surface area contributed by atoms with Crippen molar-refractivity contribution in [3.8, 4) is 0 Å². The molecule has 0 aliphatic heterocycles. The zero-order valence-corrected chi connectivity index (χ0v) is 21.8. The Kier molecular flexibility index (Phi) is 5.19. The zero-order valence-electron chi connectivity index (χ0n) is 21.8. The summed E-state index contributed by atoms with van der Waals surface area (Å²) in [6.45, 7) is 18.5.